The number of benzene rings is 3. The van der Waals surface area contributed by atoms with Crippen molar-refractivity contribution in [1.82, 2.24) is 9.47 Å². The number of carbonyl (C=O) groups excluding carboxylic acids is 3. The van der Waals surface area contributed by atoms with Crippen LogP contribution in [0.2, 0.25) is 0 Å². The fourth-order valence-corrected chi connectivity index (χ4v) is 5.08. The van der Waals surface area contributed by atoms with Gasteiger partial charge in [-0.05, 0) is 47.2 Å². The second-order valence-electron chi connectivity index (χ2n) is 7.94. The van der Waals surface area contributed by atoms with E-state index in [1.54, 1.807) is 13.0 Å². The molecule has 0 spiro atoms. The van der Waals surface area contributed by atoms with E-state index in [-0.39, 0.29) is 13.2 Å². The molecule has 0 aliphatic carbocycles. The number of ether oxygens (including phenoxy) is 1. The van der Waals surface area contributed by atoms with Gasteiger partial charge in [0.1, 0.15) is 6.54 Å². The van der Waals surface area contributed by atoms with Gasteiger partial charge in [-0.15, -0.1) is 0 Å². The van der Waals surface area contributed by atoms with Crippen molar-refractivity contribution in [2.75, 3.05) is 13.2 Å². The molecule has 7 heteroatoms. The van der Waals surface area contributed by atoms with Crippen molar-refractivity contribution in [2.24, 2.45) is 0 Å². The standard InChI is InChI=1S/C27H22N2O4S/c1-2-33-25(30)17-29-26(31)24(34-27(29)32)14-20-16-28(23-13-6-5-12-22(20)23)15-19-10-7-9-18-8-3-4-11-21(18)19/h3-14,16H,2,15,17H2,1H3/b24-14-. The lowest BCUT2D eigenvalue weighted by Gasteiger charge is -2.10. The number of imide groups is 1. The zero-order valence-electron chi connectivity index (χ0n) is 18.6. The maximum absolute atomic E-state index is 12.8. The number of hydrogen-bond acceptors (Lipinski definition) is 5. The topological polar surface area (TPSA) is 68.6 Å². The third-order valence-electron chi connectivity index (χ3n) is 5.79. The monoisotopic (exact) mass is 470 g/mol. The van der Waals surface area contributed by atoms with Crippen molar-refractivity contribution >= 4 is 56.6 Å². The Labute approximate surface area is 200 Å². The number of nitrogens with zero attached hydrogens (tertiary/aromatic N) is 2. The smallest absolute Gasteiger partial charge is 0.326 e. The molecule has 3 aromatic carbocycles. The zero-order valence-corrected chi connectivity index (χ0v) is 19.4. The minimum Gasteiger partial charge on any atom is -0.465 e. The molecule has 2 heterocycles. The second-order valence-corrected chi connectivity index (χ2v) is 8.93. The number of amides is 2. The average molecular weight is 471 g/mol. The maximum Gasteiger partial charge on any atom is 0.326 e. The molecule has 34 heavy (non-hydrogen) atoms. The molecule has 0 bridgehead atoms. The predicted molar refractivity (Wildman–Crippen MR) is 134 cm³/mol. The van der Waals surface area contributed by atoms with Crippen molar-refractivity contribution in [3.63, 3.8) is 0 Å². The van der Waals surface area contributed by atoms with E-state index >= 15 is 0 Å². The molecule has 6 nitrogen and oxygen atoms in total. The summed E-state index contributed by atoms with van der Waals surface area (Å²) in [5, 5.41) is 2.90. The summed E-state index contributed by atoms with van der Waals surface area (Å²) in [4.78, 5) is 38.2. The Morgan fingerprint density at radius 1 is 0.971 bits per heavy atom. The molecule has 1 aliphatic heterocycles. The Hall–Kier alpha value is -3.84. The highest BCUT2D eigenvalue weighted by Gasteiger charge is 2.36. The number of carbonyl (C=O) groups is 3. The molecule has 1 aliphatic rings. The Kier molecular flexibility index (Phi) is 5.94. The van der Waals surface area contributed by atoms with Crippen LogP contribution in [0.3, 0.4) is 0 Å². The largest absolute Gasteiger partial charge is 0.465 e. The summed E-state index contributed by atoms with van der Waals surface area (Å²) in [6.07, 6.45) is 3.74. The highest BCUT2D eigenvalue weighted by atomic mass is 32.2. The Balaban J connectivity index is 1.50. The Morgan fingerprint density at radius 2 is 1.71 bits per heavy atom. The van der Waals surface area contributed by atoms with Gasteiger partial charge in [0, 0.05) is 29.2 Å². The molecule has 0 radical (unpaired) electrons. The lowest BCUT2D eigenvalue weighted by atomic mass is 10.0. The van der Waals surface area contributed by atoms with E-state index in [1.165, 1.54) is 16.3 Å². The summed E-state index contributed by atoms with van der Waals surface area (Å²) in [5.74, 6) is -1.08. The van der Waals surface area contributed by atoms with Crippen LogP contribution in [0.5, 0.6) is 0 Å². The van der Waals surface area contributed by atoms with E-state index in [4.69, 9.17) is 4.74 Å². The summed E-state index contributed by atoms with van der Waals surface area (Å²) in [5.41, 5.74) is 3.07. The van der Waals surface area contributed by atoms with Crippen LogP contribution in [0.1, 0.15) is 18.1 Å². The van der Waals surface area contributed by atoms with Crippen molar-refractivity contribution in [3.05, 3.63) is 89.0 Å². The molecule has 0 N–H and O–H groups in total. The van der Waals surface area contributed by atoms with E-state index in [2.05, 4.69) is 34.9 Å². The molecule has 0 saturated carbocycles. The van der Waals surface area contributed by atoms with Gasteiger partial charge in [-0.2, -0.15) is 0 Å². The lowest BCUT2D eigenvalue weighted by molar-refractivity contribution is -0.145. The third-order valence-corrected chi connectivity index (χ3v) is 6.70. The summed E-state index contributed by atoms with van der Waals surface area (Å²) in [6.45, 7) is 2.17. The molecule has 0 unspecified atom stereocenters. The number of hydrogen-bond donors (Lipinski definition) is 0. The lowest BCUT2D eigenvalue weighted by Crippen LogP contribution is -2.34. The number of para-hydroxylation sites is 1. The average Bonchev–Trinajstić information content (AvgIpc) is 3.31. The molecule has 2 amide bonds. The highest BCUT2D eigenvalue weighted by Crippen LogP contribution is 2.34. The molecule has 1 fully saturated rings. The Bertz CT molecular complexity index is 1460. The van der Waals surface area contributed by atoms with Crippen LogP contribution in [-0.2, 0) is 20.9 Å². The molecule has 0 atom stereocenters. The quantitative estimate of drug-likeness (QED) is 0.277. The van der Waals surface area contributed by atoms with Gasteiger partial charge in [0.2, 0.25) is 0 Å². The fourth-order valence-electron chi connectivity index (χ4n) is 4.25. The first-order valence-corrected chi connectivity index (χ1v) is 11.8. The van der Waals surface area contributed by atoms with Gasteiger partial charge >= 0.3 is 5.97 Å². The summed E-state index contributed by atoms with van der Waals surface area (Å²) in [7, 11) is 0. The maximum atomic E-state index is 12.8. The van der Waals surface area contributed by atoms with Crippen LogP contribution in [0.4, 0.5) is 4.79 Å². The van der Waals surface area contributed by atoms with Crippen LogP contribution < -0.4 is 0 Å². The molecule has 1 saturated heterocycles. The molecule has 4 aromatic rings. The first-order valence-electron chi connectivity index (χ1n) is 11.0. The molecule has 170 valence electrons. The summed E-state index contributed by atoms with van der Waals surface area (Å²) < 4.78 is 7.04. The number of fused-ring (bicyclic) bond motifs is 2. The van der Waals surface area contributed by atoms with Crippen molar-refractivity contribution in [1.29, 1.82) is 0 Å². The van der Waals surface area contributed by atoms with Gasteiger partial charge in [0.15, 0.2) is 0 Å². The summed E-state index contributed by atoms with van der Waals surface area (Å²) in [6, 6.07) is 22.6. The molecule has 5 rings (SSSR count). The van der Waals surface area contributed by atoms with Gasteiger partial charge in [-0.3, -0.25) is 19.3 Å². The van der Waals surface area contributed by atoms with E-state index in [1.807, 2.05) is 42.6 Å². The number of thioether (sulfide) groups is 1. The van der Waals surface area contributed by atoms with Gasteiger partial charge < -0.3 is 9.30 Å². The van der Waals surface area contributed by atoms with E-state index in [0.29, 0.717) is 11.4 Å². The van der Waals surface area contributed by atoms with Crippen LogP contribution in [-0.4, -0.2) is 39.7 Å². The van der Waals surface area contributed by atoms with E-state index in [9.17, 15) is 14.4 Å². The first kappa shape index (κ1) is 22.0. The van der Waals surface area contributed by atoms with Gasteiger partial charge in [-0.1, -0.05) is 60.7 Å². The first-order chi connectivity index (χ1) is 16.5. The van der Waals surface area contributed by atoms with E-state index < -0.39 is 17.1 Å². The van der Waals surface area contributed by atoms with E-state index in [0.717, 1.165) is 33.1 Å². The third kappa shape index (κ3) is 4.10. The van der Waals surface area contributed by atoms with Gasteiger partial charge in [0.05, 0.1) is 11.5 Å². The SMILES string of the molecule is CCOC(=O)CN1C(=O)S/C(=C\c2cn(Cc3cccc4ccccc34)c3ccccc23)C1=O. The van der Waals surface area contributed by atoms with Gasteiger partial charge in [0.25, 0.3) is 11.1 Å². The van der Waals surface area contributed by atoms with Crippen molar-refractivity contribution in [2.45, 2.75) is 13.5 Å². The fraction of sp³-hybridized carbons (Fsp3) is 0.148. The van der Waals surface area contributed by atoms with Crippen LogP contribution >= 0.6 is 11.8 Å². The number of aromatic nitrogens is 1. The molecular weight excluding hydrogens is 448 g/mol. The van der Waals surface area contributed by atoms with Crippen LogP contribution in [0, 0.1) is 0 Å². The Morgan fingerprint density at radius 3 is 2.53 bits per heavy atom. The van der Waals surface area contributed by atoms with Crippen molar-refractivity contribution in [3.8, 4) is 0 Å². The predicted octanol–water partition coefficient (Wildman–Crippen LogP) is 5.44. The number of rotatable bonds is 6. The molecule has 1 aromatic heterocycles. The minimum absolute atomic E-state index is 0.196. The second kappa shape index (κ2) is 9.19. The summed E-state index contributed by atoms with van der Waals surface area (Å²) >= 11 is 0.842. The molecular formula is C27H22N2O4S. The number of esters is 1. The van der Waals surface area contributed by atoms with Crippen LogP contribution in [0.15, 0.2) is 77.8 Å². The van der Waals surface area contributed by atoms with Gasteiger partial charge in [-0.25, -0.2) is 0 Å². The minimum atomic E-state index is -0.599. The normalized spacial score (nSPS) is 15.1. The zero-order chi connectivity index (χ0) is 23.7. The highest BCUT2D eigenvalue weighted by molar-refractivity contribution is 8.18. The van der Waals surface area contributed by atoms with Crippen LogP contribution in [0.25, 0.3) is 27.8 Å². The van der Waals surface area contributed by atoms with Crippen molar-refractivity contribution < 1.29 is 19.1 Å².